The van der Waals surface area contributed by atoms with E-state index in [1.165, 1.54) is 17.3 Å². The molecule has 0 N–H and O–H groups in total. The van der Waals surface area contributed by atoms with Crippen molar-refractivity contribution in [2.45, 2.75) is 37.5 Å². The molecule has 0 saturated carbocycles. The number of nitrogens with zero attached hydrogens (tertiary/aromatic N) is 5. The van der Waals surface area contributed by atoms with Crippen LogP contribution in [0.2, 0.25) is 0 Å². The van der Waals surface area contributed by atoms with Crippen molar-refractivity contribution in [1.29, 1.82) is 0 Å². The number of carbonyl (C=O) groups is 1. The molecule has 2 aromatic heterocycles. The summed E-state index contributed by atoms with van der Waals surface area (Å²) in [6.07, 6.45) is 4.77. The highest BCUT2D eigenvalue weighted by Crippen LogP contribution is 2.34. The Bertz CT molecular complexity index is 1030. The maximum atomic E-state index is 13.1. The molecule has 0 radical (unpaired) electrons. The van der Waals surface area contributed by atoms with Crippen molar-refractivity contribution in [3.8, 4) is 0 Å². The van der Waals surface area contributed by atoms with Gasteiger partial charge in [0, 0.05) is 26.7 Å². The van der Waals surface area contributed by atoms with Gasteiger partial charge in [0.2, 0.25) is 0 Å². The second-order valence-electron chi connectivity index (χ2n) is 7.33. The molecular formula is C22H25N5O3S. The number of ether oxygens (including phenoxy) is 1. The van der Waals surface area contributed by atoms with Crippen LogP contribution in [0.15, 0.2) is 63.7 Å². The highest BCUT2D eigenvalue weighted by Gasteiger charge is 2.34. The van der Waals surface area contributed by atoms with Crippen molar-refractivity contribution >= 4 is 23.4 Å². The van der Waals surface area contributed by atoms with Crippen LogP contribution in [-0.2, 0) is 16.1 Å². The SMILES string of the molecule is COCCCn1cnnc1SCC(=O)N1N=C(c2ccc(C)cc2)CC1c1ccco1. The molecule has 1 amide bonds. The maximum absolute atomic E-state index is 13.1. The van der Waals surface area contributed by atoms with E-state index < -0.39 is 0 Å². The second kappa shape index (κ2) is 9.93. The molecule has 0 fully saturated rings. The fraction of sp³-hybridized carbons (Fsp3) is 0.364. The van der Waals surface area contributed by atoms with Gasteiger partial charge in [0.15, 0.2) is 5.16 Å². The summed E-state index contributed by atoms with van der Waals surface area (Å²) in [7, 11) is 1.68. The monoisotopic (exact) mass is 439 g/mol. The van der Waals surface area contributed by atoms with Crippen LogP contribution in [0.4, 0.5) is 0 Å². The Hall–Kier alpha value is -2.91. The number of aryl methyl sites for hydroxylation is 2. The Labute approximate surface area is 185 Å². The average molecular weight is 440 g/mol. The molecule has 3 heterocycles. The van der Waals surface area contributed by atoms with E-state index in [0.717, 1.165) is 30.0 Å². The number of aromatic nitrogens is 3. The number of amides is 1. The first kappa shape index (κ1) is 21.3. The largest absolute Gasteiger partial charge is 0.467 e. The molecule has 1 aliphatic rings. The highest BCUT2D eigenvalue weighted by molar-refractivity contribution is 7.99. The van der Waals surface area contributed by atoms with Gasteiger partial charge in [-0.3, -0.25) is 4.79 Å². The number of benzene rings is 1. The minimum absolute atomic E-state index is 0.0973. The Kier molecular flexibility index (Phi) is 6.83. The number of rotatable bonds is 9. The molecule has 8 nitrogen and oxygen atoms in total. The fourth-order valence-corrected chi connectivity index (χ4v) is 4.24. The van der Waals surface area contributed by atoms with Crippen molar-refractivity contribution < 1.29 is 13.9 Å². The number of furan rings is 1. The topological polar surface area (TPSA) is 85.8 Å². The zero-order valence-electron chi connectivity index (χ0n) is 17.6. The van der Waals surface area contributed by atoms with Crippen molar-refractivity contribution in [1.82, 2.24) is 19.8 Å². The number of hydrogen-bond donors (Lipinski definition) is 0. The summed E-state index contributed by atoms with van der Waals surface area (Å²) in [5, 5.41) is 15.1. The van der Waals surface area contributed by atoms with Gasteiger partial charge in [-0.2, -0.15) is 5.10 Å². The van der Waals surface area contributed by atoms with E-state index in [1.54, 1.807) is 24.7 Å². The number of methoxy groups -OCH3 is 1. The Morgan fingerprint density at radius 1 is 1.29 bits per heavy atom. The third kappa shape index (κ3) is 5.05. The predicted molar refractivity (Wildman–Crippen MR) is 118 cm³/mol. The molecule has 1 unspecified atom stereocenters. The zero-order valence-corrected chi connectivity index (χ0v) is 18.4. The second-order valence-corrected chi connectivity index (χ2v) is 8.27. The van der Waals surface area contributed by atoms with Gasteiger partial charge in [-0.05, 0) is 31.0 Å². The molecule has 1 aromatic carbocycles. The summed E-state index contributed by atoms with van der Waals surface area (Å²) >= 11 is 1.36. The summed E-state index contributed by atoms with van der Waals surface area (Å²) in [5.41, 5.74) is 3.08. The Morgan fingerprint density at radius 2 is 2.13 bits per heavy atom. The molecule has 0 bridgehead atoms. The van der Waals surface area contributed by atoms with Gasteiger partial charge in [0.1, 0.15) is 18.1 Å². The van der Waals surface area contributed by atoms with Crippen molar-refractivity contribution in [2.24, 2.45) is 5.10 Å². The van der Waals surface area contributed by atoms with Crippen LogP contribution in [-0.4, -0.2) is 50.9 Å². The van der Waals surface area contributed by atoms with Gasteiger partial charge in [0.05, 0.1) is 17.7 Å². The Morgan fingerprint density at radius 3 is 2.87 bits per heavy atom. The molecule has 3 aromatic rings. The molecule has 31 heavy (non-hydrogen) atoms. The van der Waals surface area contributed by atoms with Crippen molar-refractivity contribution in [3.05, 3.63) is 65.9 Å². The zero-order chi connectivity index (χ0) is 21.6. The van der Waals surface area contributed by atoms with Crippen molar-refractivity contribution in [3.63, 3.8) is 0 Å². The normalized spacial score (nSPS) is 16.0. The van der Waals surface area contributed by atoms with E-state index >= 15 is 0 Å². The van der Waals surface area contributed by atoms with E-state index in [4.69, 9.17) is 9.15 Å². The van der Waals surface area contributed by atoms with E-state index in [0.29, 0.717) is 18.2 Å². The van der Waals surface area contributed by atoms with E-state index in [-0.39, 0.29) is 17.7 Å². The molecule has 0 aliphatic carbocycles. The van der Waals surface area contributed by atoms with Crippen LogP contribution in [0, 0.1) is 6.92 Å². The molecule has 0 saturated heterocycles. The fourth-order valence-electron chi connectivity index (χ4n) is 3.44. The van der Waals surface area contributed by atoms with Crippen LogP contribution >= 0.6 is 11.8 Å². The van der Waals surface area contributed by atoms with Gasteiger partial charge in [0.25, 0.3) is 5.91 Å². The first-order chi connectivity index (χ1) is 15.2. The molecular weight excluding hydrogens is 414 g/mol. The highest BCUT2D eigenvalue weighted by atomic mass is 32.2. The summed E-state index contributed by atoms with van der Waals surface area (Å²) in [6.45, 7) is 3.45. The standard InChI is InChI=1S/C22H25N5O3S/c1-16-6-8-17(9-7-16)18-13-19(20-5-3-12-30-20)27(25-18)21(28)14-31-22-24-23-15-26(22)10-4-11-29-2/h3,5-9,12,15,19H,4,10-11,13-14H2,1-2H3. The third-order valence-electron chi connectivity index (χ3n) is 5.07. The van der Waals surface area contributed by atoms with Crippen LogP contribution in [0.25, 0.3) is 0 Å². The van der Waals surface area contributed by atoms with E-state index in [9.17, 15) is 4.79 Å². The minimum Gasteiger partial charge on any atom is -0.467 e. The van der Waals surface area contributed by atoms with Crippen molar-refractivity contribution in [2.75, 3.05) is 19.5 Å². The van der Waals surface area contributed by atoms with Gasteiger partial charge >= 0.3 is 0 Å². The lowest BCUT2D eigenvalue weighted by Crippen LogP contribution is -2.28. The maximum Gasteiger partial charge on any atom is 0.253 e. The third-order valence-corrected chi connectivity index (χ3v) is 6.04. The first-order valence-corrected chi connectivity index (χ1v) is 11.1. The summed E-state index contributed by atoms with van der Waals surface area (Å²) < 4.78 is 12.7. The lowest BCUT2D eigenvalue weighted by Gasteiger charge is -2.19. The molecule has 1 atom stereocenters. The van der Waals surface area contributed by atoms with Crippen LogP contribution in [0.3, 0.4) is 0 Å². The van der Waals surface area contributed by atoms with E-state index in [2.05, 4.69) is 27.4 Å². The molecule has 162 valence electrons. The predicted octanol–water partition coefficient (Wildman–Crippen LogP) is 3.69. The van der Waals surface area contributed by atoms with Crippen LogP contribution in [0.1, 0.15) is 35.8 Å². The molecule has 4 rings (SSSR count). The van der Waals surface area contributed by atoms with Gasteiger partial charge in [-0.25, -0.2) is 5.01 Å². The number of thioether (sulfide) groups is 1. The molecule has 1 aliphatic heterocycles. The molecule has 0 spiro atoms. The smallest absolute Gasteiger partial charge is 0.253 e. The van der Waals surface area contributed by atoms with Crippen LogP contribution in [0.5, 0.6) is 0 Å². The van der Waals surface area contributed by atoms with Gasteiger partial charge in [-0.15, -0.1) is 10.2 Å². The number of carbonyl (C=O) groups excluding carboxylic acids is 1. The lowest BCUT2D eigenvalue weighted by atomic mass is 10.0. The average Bonchev–Trinajstić information content (AvgIpc) is 3.53. The molecule has 9 heteroatoms. The summed E-state index contributed by atoms with van der Waals surface area (Å²) in [6, 6.07) is 11.7. The Balaban J connectivity index is 1.48. The number of hydrazone groups is 1. The van der Waals surface area contributed by atoms with E-state index in [1.807, 2.05) is 35.8 Å². The number of hydrogen-bond acceptors (Lipinski definition) is 7. The summed E-state index contributed by atoms with van der Waals surface area (Å²) in [4.78, 5) is 13.1. The quantitative estimate of drug-likeness (QED) is 0.373. The minimum atomic E-state index is -0.251. The lowest BCUT2D eigenvalue weighted by molar-refractivity contribution is -0.130. The first-order valence-electron chi connectivity index (χ1n) is 10.1. The van der Waals surface area contributed by atoms with Gasteiger partial charge < -0.3 is 13.7 Å². The van der Waals surface area contributed by atoms with Crippen LogP contribution < -0.4 is 0 Å². The summed E-state index contributed by atoms with van der Waals surface area (Å²) in [5.74, 6) is 0.845. The van der Waals surface area contributed by atoms with Gasteiger partial charge in [-0.1, -0.05) is 41.6 Å².